The molecule has 0 saturated carbocycles. The molecule has 0 aromatic carbocycles. The molecule has 3 aliphatic rings. The second-order valence-electron chi connectivity index (χ2n) is 5.88. The van der Waals surface area contributed by atoms with Gasteiger partial charge in [0.25, 0.3) is 5.91 Å². The molecule has 0 bridgehead atoms. The second-order valence-corrected chi connectivity index (χ2v) is 5.88. The molecule has 0 spiro atoms. The van der Waals surface area contributed by atoms with Crippen LogP contribution in [0.4, 0.5) is 0 Å². The first kappa shape index (κ1) is 17.0. The molecule has 1 fully saturated rings. The number of methoxy groups -OCH3 is 1. The van der Waals surface area contributed by atoms with E-state index in [9.17, 15) is 19.2 Å². The Balaban J connectivity index is 1.74. The topological polar surface area (TPSA) is 105 Å². The predicted octanol–water partition coefficient (Wildman–Crippen LogP) is -0.125. The Morgan fingerprint density at radius 3 is 2.68 bits per heavy atom. The minimum Gasteiger partial charge on any atom is -0.380 e. The van der Waals surface area contributed by atoms with Crippen LogP contribution in [-0.2, 0) is 23.9 Å². The van der Waals surface area contributed by atoms with Crippen molar-refractivity contribution in [2.45, 2.75) is 12.8 Å². The molecule has 4 amide bonds. The zero-order valence-electron chi connectivity index (χ0n) is 13.7. The molecule has 130 valence electrons. The van der Waals surface area contributed by atoms with Gasteiger partial charge in [-0.3, -0.25) is 24.1 Å². The summed E-state index contributed by atoms with van der Waals surface area (Å²) in [6.45, 7) is -0.0346. The molecule has 8 heteroatoms. The first-order valence-electron chi connectivity index (χ1n) is 7.83. The van der Waals surface area contributed by atoms with Gasteiger partial charge in [-0.25, -0.2) is 4.99 Å². The van der Waals surface area contributed by atoms with E-state index >= 15 is 0 Å². The molecule has 0 radical (unpaired) electrons. The average Bonchev–Trinajstić information content (AvgIpc) is 2.86. The highest BCUT2D eigenvalue weighted by molar-refractivity contribution is 6.12. The van der Waals surface area contributed by atoms with Gasteiger partial charge in [-0.15, -0.1) is 0 Å². The Kier molecular flexibility index (Phi) is 4.71. The summed E-state index contributed by atoms with van der Waals surface area (Å²) < 4.78 is 5.10. The molecular formula is C17H17N3O5. The Hall–Kier alpha value is -2.87. The van der Waals surface area contributed by atoms with Gasteiger partial charge < -0.3 is 10.1 Å². The van der Waals surface area contributed by atoms with Crippen LogP contribution in [-0.4, -0.2) is 54.5 Å². The largest absolute Gasteiger partial charge is 0.380 e. The molecule has 1 saturated heterocycles. The number of likely N-dealkylation sites (tertiary alicyclic amines) is 1. The summed E-state index contributed by atoms with van der Waals surface area (Å²) in [7, 11) is 1.55. The van der Waals surface area contributed by atoms with Gasteiger partial charge in [0, 0.05) is 37.6 Å². The number of carbonyl (C=O) groups excluding carboxylic acids is 4. The van der Waals surface area contributed by atoms with Crippen molar-refractivity contribution in [3.05, 3.63) is 35.6 Å². The van der Waals surface area contributed by atoms with Gasteiger partial charge in [-0.1, -0.05) is 6.08 Å². The van der Waals surface area contributed by atoms with E-state index in [1.807, 2.05) is 6.08 Å². The number of imide groups is 1. The summed E-state index contributed by atoms with van der Waals surface area (Å²) in [6, 6.07) is 0. The van der Waals surface area contributed by atoms with Crippen LogP contribution in [0.15, 0.2) is 40.6 Å². The van der Waals surface area contributed by atoms with Gasteiger partial charge in [-0.2, -0.15) is 0 Å². The second kappa shape index (κ2) is 6.94. The number of carbonyl (C=O) groups is 4. The molecule has 0 aromatic rings. The number of hydrogen-bond donors (Lipinski definition) is 1. The maximum absolute atomic E-state index is 12.0. The zero-order valence-corrected chi connectivity index (χ0v) is 13.7. The smallest absolute Gasteiger partial charge is 0.266 e. The number of fused-ring (bicyclic) bond motifs is 1. The molecule has 1 aliphatic carbocycles. The Morgan fingerprint density at radius 2 is 2.00 bits per heavy atom. The Labute approximate surface area is 143 Å². The van der Waals surface area contributed by atoms with Crippen LogP contribution in [0.2, 0.25) is 0 Å². The molecule has 2 aliphatic heterocycles. The van der Waals surface area contributed by atoms with Crippen LogP contribution < -0.4 is 5.32 Å². The maximum Gasteiger partial charge on any atom is 0.266 e. The number of aliphatic imine (C=N–C) groups is 1. The maximum atomic E-state index is 12.0. The van der Waals surface area contributed by atoms with E-state index in [0.29, 0.717) is 18.0 Å². The lowest BCUT2D eigenvalue weighted by Crippen LogP contribution is -2.35. The van der Waals surface area contributed by atoms with Crippen molar-refractivity contribution in [3.63, 3.8) is 0 Å². The van der Waals surface area contributed by atoms with Crippen LogP contribution in [0.25, 0.3) is 0 Å². The van der Waals surface area contributed by atoms with E-state index in [1.165, 1.54) is 6.08 Å². The van der Waals surface area contributed by atoms with E-state index < -0.39 is 5.91 Å². The van der Waals surface area contributed by atoms with Gasteiger partial charge in [-0.05, 0) is 17.7 Å². The summed E-state index contributed by atoms with van der Waals surface area (Å²) >= 11 is 0. The van der Waals surface area contributed by atoms with Gasteiger partial charge in [0.05, 0.1) is 12.3 Å². The Morgan fingerprint density at radius 1 is 1.28 bits per heavy atom. The number of allylic oxidation sites excluding steroid dienone is 3. The van der Waals surface area contributed by atoms with Crippen molar-refractivity contribution in [2.24, 2.45) is 10.9 Å². The van der Waals surface area contributed by atoms with Gasteiger partial charge in [0.2, 0.25) is 17.7 Å². The lowest BCUT2D eigenvalue weighted by Gasteiger charge is -2.27. The summed E-state index contributed by atoms with van der Waals surface area (Å²) in [5.74, 6) is -1.69. The van der Waals surface area contributed by atoms with Crippen LogP contribution >= 0.6 is 0 Å². The quantitative estimate of drug-likeness (QED) is 0.716. The normalized spacial score (nSPS) is 24.2. The summed E-state index contributed by atoms with van der Waals surface area (Å²) in [6.07, 6.45) is 6.85. The summed E-state index contributed by atoms with van der Waals surface area (Å²) in [4.78, 5) is 51.7. The number of nitrogens with one attached hydrogen (secondary N) is 1. The number of amides is 4. The number of ether oxygens (including phenoxy) is 1. The first-order valence-corrected chi connectivity index (χ1v) is 7.83. The third kappa shape index (κ3) is 3.63. The third-order valence-electron chi connectivity index (χ3n) is 4.09. The fourth-order valence-electron chi connectivity index (χ4n) is 2.95. The molecular weight excluding hydrogens is 326 g/mol. The van der Waals surface area contributed by atoms with Crippen molar-refractivity contribution in [3.8, 4) is 0 Å². The molecule has 2 heterocycles. The highest BCUT2D eigenvalue weighted by Gasteiger charge is 2.31. The van der Waals surface area contributed by atoms with Crippen LogP contribution in [0.3, 0.4) is 0 Å². The Bertz CT molecular complexity index is 759. The highest BCUT2D eigenvalue weighted by atomic mass is 16.5. The summed E-state index contributed by atoms with van der Waals surface area (Å²) in [5.41, 5.74) is 1.78. The number of hydrogen-bond acceptors (Lipinski definition) is 5. The molecule has 8 nitrogen and oxygen atoms in total. The van der Waals surface area contributed by atoms with E-state index in [2.05, 4.69) is 10.3 Å². The average molecular weight is 343 g/mol. The minimum atomic E-state index is -0.589. The molecule has 3 rings (SSSR count). The van der Waals surface area contributed by atoms with Gasteiger partial charge in [0.1, 0.15) is 6.54 Å². The predicted molar refractivity (Wildman–Crippen MR) is 87.2 cm³/mol. The molecule has 1 unspecified atom stereocenters. The van der Waals surface area contributed by atoms with Crippen molar-refractivity contribution >= 4 is 29.3 Å². The zero-order chi connectivity index (χ0) is 18.0. The van der Waals surface area contributed by atoms with E-state index in [4.69, 9.17) is 4.74 Å². The van der Waals surface area contributed by atoms with Crippen molar-refractivity contribution in [1.82, 2.24) is 10.2 Å². The van der Waals surface area contributed by atoms with E-state index in [-0.39, 0.29) is 43.0 Å². The number of rotatable bonds is 4. The fourth-order valence-corrected chi connectivity index (χ4v) is 2.95. The van der Waals surface area contributed by atoms with Crippen LogP contribution in [0.1, 0.15) is 12.8 Å². The monoisotopic (exact) mass is 343 g/mol. The van der Waals surface area contributed by atoms with E-state index in [0.717, 1.165) is 10.5 Å². The van der Waals surface area contributed by atoms with Crippen molar-refractivity contribution in [1.29, 1.82) is 0 Å². The lowest BCUT2D eigenvalue weighted by molar-refractivity contribution is -0.141. The minimum absolute atomic E-state index is 0.131. The van der Waals surface area contributed by atoms with Gasteiger partial charge in [0.15, 0.2) is 0 Å². The van der Waals surface area contributed by atoms with E-state index in [1.54, 1.807) is 19.3 Å². The summed E-state index contributed by atoms with van der Waals surface area (Å²) in [5, 5.41) is 2.73. The van der Waals surface area contributed by atoms with Crippen LogP contribution in [0, 0.1) is 5.92 Å². The molecule has 1 atom stereocenters. The molecule has 0 aromatic heterocycles. The highest BCUT2D eigenvalue weighted by Crippen LogP contribution is 2.27. The SMILES string of the molecule is COCC1=CC(=O)NC2=CC(=NC(=O)CN3C(=O)CCC3=O)C=CC12. The number of nitrogens with zero attached hydrogens (tertiary/aromatic N) is 2. The first-order chi connectivity index (χ1) is 12.0. The van der Waals surface area contributed by atoms with Crippen LogP contribution in [0.5, 0.6) is 0 Å². The lowest BCUT2D eigenvalue weighted by atomic mass is 9.88. The van der Waals surface area contributed by atoms with Crippen molar-refractivity contribution < 1.29 is 23.9 Å². The standard InChI is InChI=1S/C17H17N3O5/c1-25-9-10-6-14(21)19-13-7-11(2-3-12(10)13)18-15(22)8-20-16(23)4-5-17(20)24/h2-3,6-7,12H,4-5,8-9H2,1H3,(H,19,21). The molecule has 1 N–H and O–H groups in total. The molecule has 25 heavy (non-hydrogen) atoms. The van der Waals surface area contributed by atoms with Gasteiger partial charge >= 0.3 is 0 Å². The third-order valence-corrected chi connectivity index (χ3v) is 4.09. The van der Waals surface area contributed by atoms with Crippen molar-refractivity contribution in [2.75, 3.05) is 20.3 Å². The fraction of sp³-hybridized carbons (Fsp3) is 0.353.